The third-order valence-electron chi connectivity index (χ3n) is 2.01. The van der Waals surface area contributed by atoms with Crippen LogP contribution in [-0.4, -0.2) is 19.2 Å². The van der Waals surface area contributed by atoms with Crippen LogP contribution in [0.5, 0.6) is 5.75 Å². The second-order valence-electron chi connectivity index (χ2n) is 3.03. The fourth-order valence-electron chi connectivity index (χ4n) is 1.20. The molecule has 15 heavy (non-hydrogen) atoms. The Kier molecular flexibility index (Phi) is 4.84. The van der Waals surface area contributed by atoms with Crippen LogP contribution in [0, 0.1) is 0 Å². The maximum atomic E-state index is 11.5. The van der Waals surface area contributed by atoms with Gasteiger partial charge in [0, 0.05) is 13.0 Å². The molecule has 82 valence electrons. The number of carbonyl (C=O) groups is 1. The summed E-state index contributed by atoms with van der Waals surface area (Å²) in [6.45, 7) is 4.52. The van der Waals surface area contributed by atoms with Gasteiger partial charge in [0.2, 0.25) is 0 Å². The van der Waals surface area contributed by atoms with Crippen molar-refractivity contribution in [2.75, 3.05) is 13.4 Å². The molecule has 0 unspecified atom stereocenters. The molecule has 0 radical (unpaired) electrons. The lowest BCUT2D eigenvalue weighted by molar-refractivity contribution is 0.0219. The molecule has 0 heterocycles. The van der Waals surface area contributed by atoms with E-state index in [0.29, 0.717) is 24.3 Å². The van der Waals surface area contributed by atoms with Crippen molar-refractivity contribution in [1.82, 2.24) is 0 Å². The molecule has 0 saturated heterocycles. The lowest BCUT2D eigenvalue weighted by atomic mass is 10.1. The summed E-state index contributed by atoms with van der Waals surface area (Å²) in [5.74, 6) is 0.680. The quantitative estimate of drug-likeness (QED) is 0.409. The highest BCUT2D eigenvalue weighted by Crippen LogP contribution is 2.19. The molecule has 1 aromatic carbocycles. The number of Topliss-reactive ketones (excluding diaryl/α,β-unsaturated/α-hetero) is 1. The van der Waals surface area contributed by atoms with Gasteiger partial charge in [-0.15, -0.1) is 0 Å². The molecule has 0 spiro atoms. The zero-order valence-corrected chi connectivity index (χ0v) is 9.16. The van der Waals surface area contributed by atoms with Gasteiger partial charge in [0.05, 0.1) is 5.56 Å². The minimum atomic E-state index is 0.0853. The molecule has 0 aromatic heterocycles. The Hall–Kier alpha value is -1.35. The minimum Gasteiger partial charge on any atom is -0.467 e. The molecule has 3 nitrogen and oxygen atoms in total. The maximum Gasteiger partial charge on any atom is 0.189 e. The van der Waals surface area contributed by atoms with Gasteiger partial charge in [-0.2, -0.15) is 0 Å². The summed E-state index contributed by atoms with van der Waals surface area (Å²) < 4.78 is 10.4. The lowest BCUT2D eigenvalue weighted by Crippen LogP contribution is -2.06. The van der Waals surface area contributed by atoms with Gasteiger partial charge < -0.3 is 9.47 Å². The van der Waals surface area contributed by atoms with Gasteiger partial charge in [0.1, 0.15) is 5.75 Å². The van der Waals surface area contributed by atoms with Crippen molar-refractivity contribution in [3.63, 3.8) is 0 Å². The van der Waals surface area contributed by atoms with Crippen molar-refractivity contribution < 1.29 is 14.3 Å². The average Bonchev–Trinajstić information content (AvgIpc) is 2.29. The summed E-state index contributed by atoms with van der Waals surface area (Å²) in [5.41, 5.74) is 0.625. The predicted molar refractivity (Wildman–Crippen MR) is 58.2 cm³/mol. The van der Waals surface area contributed by atoms with Gasteiger partial charge in [-0.05, 0) is 19.1 Å². The summed E-state index contributed by atoms with van der Waals surface area (Å²) in [5, 5.41) is 0. The van der Waals surface area contributed by atoms with Crippen LogP contribution in [0.2, 0.25) is 0 Å². The standard InChI is InChI=1S/C12H16O3/c1-3-11(13)10-7-5-6-8-12(10)15-9-14-4-2/h5-8H,3-4,9H2,1-2H3. The molecule has 0 atom stereocenters. The van der Waals surface area contributed by atoms with Crippen LogP contribution < -0.4 is 4.74 Å². The fraction of sp³-hybridized carbons (Fsp3) is 0.417. The molecule has 0 aliphatic heterocycles. The molecule has 0 aliphatic rings. The zero-order valence-electron chi connectivity index (χ0n) is 9.16. The normalized spacial score (nSPS) is 10.0. The highest BCUT2D eigenvalue weighted by Gasteiger charge is 2.09. The first-order valence-corrected chi connectivity index (χ1v) is 5.12. The molecule has 0 N–H and O–H groups in total. The Bertz CT molecular complexity index is 320. The van der Waals surface area contributed by atoms with Crippen LogP contribution in [0.15, 0.2) is 24.3 Å². The van der Waals surface area contributed by atoms with E-state index >= 15 is 0 Å². The van der Waals surface area contributed by atoms with E-state index in [1.54, 1.807) is 12.1 Å². The van der Waals surface area contributed by atoms with Gasteiger partial charge in [-0.25, -0.2) is 0 Å². The van der Waals surface area contributed by atoms with Crippen molar-refractivity contribution in [1.29, 1.82) is 0 Å². The van der Waals surface area contributed by atoms with Crippen LogP contribution in [0.4, 0.5) is 0 Å². The number of ether oxygens (including phenoxy) is 2. The number of ketones is 1. The number of para-hydroxylation sites is 1. The summed E-state index contributed by atoms with van der Waals surface area (Å²) in [7, 11) is 0. The Balaban J connectivity index is 2.73. The summed E-state index contributed by atoms with van der Waals surface area (Å²) >= 11 is 0. The first-order valence-electron chi connectivity index (χ1n) is 5.12. The van der Waals surface area contributed by atoms with Crippen molar-refractivity contribution in [2.24, 2.45) is 0 Å². The van der Waals surface area contributed by atoms with Crippen molar-refractivity contribution in [3.05, 3.63) is 29.8 Å². The Morgan fingerprint density at radius 3 is 2.67 bits per heavy atom. The van der Waals surface area contributed by atoms with Crippen molar-refractivity contribution in [3.8, 4) is 5.75 Å². The smallest absolute Gasteiger partial charge is 0.189 e. The second-order valence-corrected chi connectivity index (χ2v) is 3.03. The summed E-state index contributed by atoms with van der Waals surface area (Å²) in [6, 6.07) is 7.22. The molecule has 1 rings (SSSR count). The summed E-state index contributed by atoms with van der Waals surface area (Å²) in [4.78, 5) is 11.5. The van der Waals surface area contributed by atoms with E-state index in [-0.39, 0.29) is 12.6 Å². The molecule has 0 aliphatic carbocycles. The minimum absolute atomic E-state index is 0.0853. The number of hydrogen-bond donors (Lipinski definition) is 0. The Labute approximate surface area is 90.0 Å². The molecular weight excluding hydrogens is 192 g/mol. The highest BCUT2D eigenvalue weighted by atomic mass is 16.7. The molecule has 0 saturated carbocycles. The predicted octanol–water partition coefficient (Wildman–Crippen LogP) is 2.65. The molecule has 0 amide bonds. The van der Waals surface area contributed by atoms with Gasteiger partial charge in [0.25, 0.3) is 0 Å². The van der Waals surface area contributed by atoms with Crippen LogP contribution in [0.3, 0.4) is 0 Å². The fourth-order valence-corrected chi connectivity index (χ4v) is 1.20. The van der Waals surface area contributed by atoms with Gasteiger partial charge in [0.15, 0.2) is 12.6 Å². The van der Waals surface area contributed by atoms with Crippen molar-refractivity contribution in [2.45, 2.75) is 20.3 Å². The third-order valence-corrected chi connectivity index (χ3v) is 2.01. The molecule has 0 fully saturated rings. The van der Waals surface area contributed by atoms with Crippen molar-refractivity contribution >= 4 is 5.78 Å². The van der Waals surface area contributed by atoms with Gasteiger partial charge >= 0.3 is 0 Å². The largest absolute Gasteiger partial charge is 0.467 e. The Morgan fingerprint density at radius 2 is 2.00 bits per heavy atom. The average molecular weight is 208 g/mol. The number of rotatable bonds is 6. The molecule has 1 aromatic rings. The van der Waals surface area contributed by atoms with E-state index < -0.39 is 0 Å². The second kappa shape index (κ2) is 6.19. The number of benzene rings is 1. The SMILES string of the molecule is CCOCOc1ccccc1C(=O)CC. The van der Waals surface area contributed by atoms with E-state index in [9.17, 15) is 4.79 Å². The van der Waals surface area contributed by atoms with E-state index in [0.717, 1.165) is 0 Å². The molecule has 0 bridgehead atoms. The Morgan fingerprint density at radius 1 is 1.27 bits per heavy atom. The van der Waals surface area contributed by atoms with Gasteiger partial charge in [-0.3, -0.25) is 4.79 Å². The maximum absolute atomic E-state index is 11.5. The first-order chi connectivity index (χ1) is 7.29. The van der Waals surface area contributed by atoms with Gasteiger partial charge in [-0.1, -0.05) is 19.1 Å². The van der Waals surface area contributed by atoms with Crippen LogP contribution in [-0.2, 0) is 4.74 Å². The monoisotopic (exact) mass is 208 g/mol. The van der Waals surface area contributed by atoms with E-state index in [2.05, 4.69) is 0 Å². The topological polar surface area (TPSA) is 35.5 Å². The molecular formula is C12H16O3. The number of hydrogen-bond acceptors (Lipinski definition) is 3. The zero-order chi connectivity index (χ0) is 11.1. The summed E-state index contributed by atoms with van der Waals surface area (Å²) in [6.07, 6.45) is 0.481. The highest BCUT2D eigenvalue weighted by molar-refractivity contribution is 5.98. The first kappa shape index (κ1) is 11.7. The molecule has 3 heteroatoms. The van der Waals surface area contributed by atoms with E-state index in [4.69, 9.17) is 9.47 Å². The lowest BCUT2D eigenvalue weighted by Gasteiger charge is -2.09. The number of carbonyl (C=O) groups excluding carboxylic acids is 1. The van der Waals surface area contributed by atoms with Crippen LogP contribution >= 0.6 is 0 Å². The third kappa shape index (κ3) is 3.36. The van der Waals surface area contributed by atoms with E-state index in [1.807, 2.05) is 26.0 Å². The van der Waals surface area contributed by atoms with Crippen LogP contribution in [0.25, 0.3) is 0 Å². The van der Waals surface area contributed by atoms with Crippen LogP contribution in [0.1, 0.15) is 30.6 Å². The van der Waals surface area contributed by atoms with E-state index in [1.165, 1.54) is 0 Å².